The summed E-state index contributed by atoms with van der Waals surface area (Å²) >= 11 is 0. The first-order chi connectivity index (χ1) is 13.7. The van der Waals surface area contributed by atoms with Crippen molar-refractivity contribution in [1.82, 2.24) is 10.4 Å². The first kappa shape index (κ1) is 23.0. The lowest BCUT2D eigenvalue weighted by Gasteiger charge is -2.32. The molecule has 29 heavy (non-hydrogen) atoms. The van der Waals surface area contributed by atoms with E-state index >= 15 is 0 Å². The van der Waals surface area contributed by atoms with Crippen molar-refractivity contribution in [2.75, 3.05) is 32.3 Å². The van der Waals surface area contributed by atoms with E-state index in [9.17, 15) is 5.11 Å². The molecule has 0 fully saturated rings. The second-order valence-electron chi connectivity index (χ2n) is 8.68. The van der Waals surface area contributed by atoms with Crippen molar-refractivity contribution in [3.05, 3.63) is 53.1 Å². The van der Waals surface area contributed by atoms with E-state index in [4.69, 9.17) is 4.74 Å². The number of anilines is 1. The van der Waals surface area contributed by atoms with Gasteiger partial charge in [-0.2, -0.15) is 0 Å². The van der Waals surface area contributed by atoms with Gasteiger partial charge in [0, 0.05) is 31.3 Å². The van der Waals surface area contributed by atoms with Gasteiger partial charge in [-0.05, 0) is 36.5 Å². The topological polar surface area (TPSA) is 48.0 Å². The monoisotopic (exact) mass is 399 g/mol. The fourth-order valence-electron chi connectivity index (χ4n) is 3.46. The molecule has 0 aliphatic rings. The molecule has 160 valence electrons. The second kappa shape index (κ2) is 9.99. The van der Waals surface area contributed by atoms with E-state index in [-0.39, 0.29) is 5.41 Å². The van der Waals surface area contributed by atoms with Gasteiger partial charge < -0.3 is 14.7 Å². The molecule has 0 heterocycles. The highest BCUT2D eigenvalue weighted by atomic mass is 16.5. The smallest absolute Gasteiger partial charge is 0.142 e. The Hall–Kier alpha value is -2.24. The Kier molecular flexibility index (Phi) is 7.94. The van der Waals surface area contributed by atoms with Crippen LogP contribution in [0.25, 0.3) is 0 Å². The maximum Gasteiger partial charge on any atom is 0.142 e. The lowest BCUT2D eigenvalue weighted by atomic mass is 9.85. The molecule has 0 saturated carbocycles. The van der Waals surface area contributed by atoms with Gasteiger partial charge in [-0.1, -0.05) is 52.0 Å². The summed E-state index contributed by atoms with van der Waals surface area (Å²) in [6, 6.07) is 12.2. The van der Waals surface area contributed by atoms with Gasteiger partial charge in [-0.3, -0.25) is 0 Å². The van der Waals surface area contributed by atoms with Gasteiger partial charge in [0.1, 0.15) is 11.5 Å². The zero-order valence-corrected chi connectivity index (χ0v) is 19.0. The van der Waals surface area contributed by atoms with E-state index in [0.717, 1.165) is 41.1 Å². The van der Waals surface area contributed by atoms with E-state index in [1.54, 1.807) is 7.11 Å². The average Bonchev–Trinajstić information content (AvgIpc) is 2.66. The van der Waals surface area contributed by atoms with Crippen molar-refractivity contribution in [2.24, 2.45) is 0 Å². The highest BCUT2D eigenvalue weighted by Crippen LogP contribution is 2.39. The molecule has 0 saturated heterocycles. The van der Waals surface area contributed by atoms with Gasteiger partial charge in [-0.25, -0.2) is 10.4 Å². The van der Waals surface area contributed by atoms with E-state index in [2.05, 4.69) is 68.2 Å². The van der Waals surface area contributed by atoms with Crippen molar-refractivity contribution in [3.8, 4) is 11.5 Å². The first-order valence-corrected chi connectivity index (χ1v) is 10.3. The maximum absolute atomic E-state index is 11.2. The van der Waals surface area contributed by atoms with Crippen LogP contribution in [-0.4, -0.2) is 37.5 Å². The number of rotatable bonds is 9. The van der Waals surface area contributed by atoms with Gasteiger partial charge in [0.15, 0.2) is 0 Å². The third-order valence-corrected chi connectivity index (χ3v) is 5.03. The first-order valence-electron chi connectivity index (χ1n) is 10.3. The molecule has 2 N–H and O–H groups in total. The molecule has 2 rings (SSSR count). The quantitative estimate of drug-likeness (QED) is 0.468. The summed E-state index contributed by atoms with van der Waals surface area (Å²) in [5.74, 6) is 1.19. The largest absolute Gasteiger partial charge is 0.505 e. The molecule has 0 spiro atoms. The Morgan fingerprint density at radius 3 is 2.45 bits per heavy atom. The Labute approximate surface area is 176 Å². The minimum Gasteiger partial charge on any atom is -0.505 e. The Morgan fingerprint density at radius 1 is 1.14 bits per heavy atom. The third kappa shape index (κ3) is 6.12. The molecular formula is C24H37N3O2. The number of ether oxygens (including phenoxy) is 1. The highest BCUT2D eigenvalue weighted by Gasteiger charge is 2.24. The molecule has 0 unspecified atom stereocenters. The highest BCUT2D eigenvalue weighted by molar-refractivity contribution is 5.64. The van der Waals surface area contributed by atoms with Gasteiger partial charge in [0.2, 0.25) is 0 Å². The standard InChI is InChI=1S/C24H37N3O2/c1-8-13-26(6)25-17-27(16-19-11-9-10-12-22(19)29-7)21-15-18(2)14-20(23(21)28)24(3,4)5/h9-12,14-15,25,28H,8,13,16-17H2,1-7H3. The molecule has 0 radical (unpaired) electrons. The van der Waals surface area contributed by atoms with Crippen LogP contribution in [0.2, 0.25) is 0 Å². The number of para-hydroxylation sites is 1. The normalized spacial score (nSPS) is 11.7. The number of nitrogens with zero attached hydrogens (tertiary/aromatic N) is 2. The number of aryl methyl sites for hydroxylation is 1. The number of hydrogen-bond donors (Lipinski definition) is 2. The van der Waals surface area contributed by atoms with Crippen LogP contribution in [0.4, 0.5) is 5.69 Å². The number of hydrogen-bond acceptors (Lipinski definition) is 5. The molecule has 0 aliphatic heterocycles. The van der Waals surface area contributed by atoms with E-state index in [1.807, 2.05) is 25.2 Å². The Morgan fingerprint density at radius 2 is 1.83 bits per heavy atom. The van der Waals surface area contributed by atoms with E-state index < -0.39 is 0 Å². The van der Waals surface area contributed by atoms with Crippen molar-refractivity contribution < 1.29 is 9.84 Å². The zero-order valence-electron chi connectivity index (χ0n) is 19.0. The summed E-state index contributed by atoms with van der Waals surface area (Å²) in [7, 11) is 3.74. The molecule has 0 bridgehead atoms. The number of phenolic OH excluding ortho intramolecular Hbond substituents is 1. The summed E-state index contributed by atoms with van der Waals surface area (Å²) in [5, 5.41) is 13.3. The van der Waals surface area contributed by atoms with Crippen LogP contribution in [0.5, 0.6) is 11.5 Å². The van der Waals surface area contributed by atoms with Crippen LogP contribution >= 0.6 is 0 Å². The zero-order chi connectivity index (χ0) is 21.6. The molecule has 0 aliphatic carbocycles. The molecule has 2 aromatic rings. The number of aromatic hydroxyl groups is 1. The van der Waals surface area contributed by atoms with Gasteiger partial charge >= 0.3 is 0 Å². The lowest BCUT2D eigenvalue weighted by molar-refractivity contribution is 0.234. The third-order valence-electron chi connectivity index (χ3n) is 5.03. The average molecular weight is 400 g/mol. The number of methoxy groups -OCH3 is 1. The summed E-state index contributed by atoms with van der Waals surface area (Å²) in [6.45, 7) is 12.8. The predicted molar refractivity (Wildman–Crippen MR) is 122 cm³/mol. The van der Waals surface area contributed by atoms with Crippen LogP contribution in [0.1, 0.15) is 50.8 Å². The minimum atomic E-state index is -0.145. The number of phenols is 1. The van der Waals surface area contributed by atoms with Crippen molar-refractivity contribution in [1.29, 1.82) is 0 Å². The molecule has 0 aromatic heterocycles. The van der Waals surface area contributed by atoms with Crippen molar-refractivity contribution >= 4 is 5.69 Å². The maximum atomic E-state index is 11.2. The van der Waals surface area contributed by atoms with Gasteiger partial charge in [-0.15, -0.1) is 0 Å². The van der Waals surface area contributed by atoms with Crippen LogP contribution < -0.4 is 15.1 Å². The van der Waals surface area contributed by atoms with Crippen LogP contribution in [0.15, 0.2) is 36.4 Å². The van der Waals surface area contributed by atoms with Crippen LogP contribution in [-0.2, 0) is 12.0 Å². The summed E-state index contributed by atoms with van der Waals surface area (Å²) in [5.41, 5.74) is 7.31. The van der Waals surface area contributed by atoms with E-state index in [1.165, 1.54) is 0 Å². The number of nitrogens with one attached hydrogen (secondary N) is 1. The summed E-state index contributed by atoms with van der Waals surface area (Å²) in [4.78, 5) is 2.17. The summed E-state index contributed by atoms with van der Waals surface area (Å²) < 4.78 is 5.56. The van der Waals surface area contributed by atoms with Crippen LogP contribution in [0, 0.1) is 6.92 Å². The molecule has 2 aromatic carbocycles. The summed E-state index contributed by atoms with van der Waals surface area (Å²) in [6.07, 6.45) is 1.07. The SMILES string of the molecule is CCCN(C)NCN(Cc1ccccc1OC)c1cc(C)cc(C(C)(C)C)c1O. The van der Waals surface area contributed by atoms with Gasteiger partial charge in [0.25, 0.3) is 0 Å². The van der Waals surface area contributed by atoms with Gasteiger partial charge in [0.05, 0.1) is 19.5 Å². The molecular weight excluding hydrogens is 362 g/mol. The van der Waals surface area contributed by atoms with Crippen molar-refractivity contribution in [2.45, 2.75) is 53.0 Å². The fourth-order valence-corrected chi connectivity index (χ4v) is 3.46. The Balaban J connectivity index is 2.45. The number of benzene rings is 2. The fraction of sp³-hybridized carbons (Fsp3) is 0.500. The lowest BCUT2D eigenvalue weighted by Crippen LogP contribution is -2.43. The molecule has 5 nitrogen and oxygen atoms in total. The van der Waals surface area contributed by atoms with Crippen LogP contribution in [0.3, 0.4) is 0 Å². The second-order valence-corrected chi connectivity index (χ2v) is 8.68. The predicted octanol–water partition coefficient (Wildman–Crippen LogP) is 4.82. The molecule has 0 amide bonds. The van der Waals surface area contributed by atoms with Crippen molar-refractivity contribution in [3.63, 3.8) is 0 Å². The molecule has 5 heteroatoms. The van der Waals surface area contributed by atoms with E-state index in [0.29, 0.717) is 19.0 Å². The number of hydrazine groups is 1. The molecule has 0 atom stereocenters. The minimum absolute atomic E-state index is 0.145. The Bertz CT molecular complexity index is 799.